The van der Waals surface area contributed by atoms with Crippen molar-refractivity contribution >= 4 is 0 Å². The van der Waals surface area contributed by atoms with Crippen LogP contribution in [0.1, 0.15) is 0 Å². The van der Waals surface area contributed by atoms with Crippen molar-refractivity contribution in [2.45, 2.75) is 0 Å². The fourth-order valence-corrected chi connectivity index (χ4v) is 0.944. The molecule has 0 aromatic carbocycles. The van der Waals surface area contributed by atoms with E-state index in [1.807, 2.05) is 0 Å². The maximum atomic E-state index is 10.4. The molecule has 0 bridgehead atoms. The van der Waals surface area contributed by atoms with Crippen molar-refractivity contribution in [2.24, 2.45) is 0 Å². The number of rotatable bonds is 4. The predicted molar refractivity (Wildman–Crippen MR) is 40.2 cm³/mol. The molecule has 17 heavy (non-hydrogen) atoms. The lowest BCUT2D eigenvalue weighted by molar-refractivity contribution is -0.944. The topological polar surface area (TPSA) is 186 Å². The summed E-state index contributed by atoms with van der Waals surface area (Å²) >= 11 is 0. The normalized spacial score (nSPS) is 15.1. The van der Waals surface area contributed by atoms with Crippen LogP contribution in [0.25, 0.3) is 0 Å². The molecule has 1 heterocycles. The molecule has 1 aliphatic rings. The predicted octanol–water partition coefficient (Wildman–Crippen LogP) is -2.32. The third-order valence-corrected chi connectivity index (χ3v) is 1.50. The first-order valence-electron chi connectivity index (χ1n) is 3.49. The quantitative estimate of drug-likeness (QED) is 0.385. The second-order valence-corrected chi connectivity index (χ2v) is 2.37. The van der Waals surface area contributed by atoms with Crippen LogP contribution >= 0.6 is 0 Å². The first-order chi connectivity index (χ1) is 7.77. The molecule has 0 saturated carbocycles. The van der Waals surface area contributed by atoms with Crippen molar-refractivity contribution < 1.29 is 20.1 Å². The van der Waals surface area contributed by atoms with E-state index in [1.54, 1.807) is 0 Å². The molecule has 0 spiro atoms. The van der Waals surface area contributed by atoms with Crippen LogP contribution in [0.4, 0.5) is 0 Å². The van der Waals surface area contributed by atoms with Crippen molar-refractivity contribution in [3.8, 4) is 0 Å². The zero-order valence-electron chi connectivity index (χ0n) is 7.55. The minimum atomic E-state index is -1.55. The van der Waals surface area contributed by atoms with Gasteiger partial charge in [-0.3, -0.25) is 0 Å². The van der Waals surface area contributed by atoms with Gasteiger partial charge in [-0.2, -0.15) is 0 Å². The van der Waals surface area contributed by atoms with E-state index in [9.17, 15) is 40.5 Å². The molecule has 0 unspecified atom stereocenters. The van der Waals surface area contributed by atoms with Crippen molar-refractivity contribution in [3.05, 3.63) is 40.5 Å². The average Bonchev–Trinajstić information content (AvgIpc) is 2.56. The van der Waals surface area contributed by atoms with Crippen molar-refractivity contribution in [2.75, 3.05) is 6.67 Å². The van der Waals surface area contributed by atoms with Crippen molar-refractivity contribution in [1.82, 2.24) is 20.7 Å². The number of hydrazine groups is 7. The van der Waals surface area contributed by atoms with E-state index >= 15 is 0 Å². The molecule has 0 radical (unpaired) electrons. The second-order valence-electron chi connectivity index (χ2n) is 2.37. The molecule has 1 rings (SSSR count). The maximum absolute atomic E-state index is 10.4. The van der Waals surface area contributed by atoms with Gasteiger partial charge in [-0.05, 0) is 0 Å². The van der Waals surface area contributed by atoms with Crippen LogP contribution in [0.2, 0.25) is 0 Å². The lowest BCUT2D eigenvalue weighted by Gasteiger charge is -2.10. The fraction of sp³-hybridized carbons (Fsp3) is 1.00. The van der Waals surface area contributed by atoms with E-state index in [2.05, 4.69) is 0 Å². The Hall–Kier alpha value is -3.20. The van der Waals surface area contributed by atoms with Crippen LogP contribution in [-0.2, 0) is 0 Å². The Bertz CT molecular complexity index is 355. The highest BCUT2D eigenvalue weighted by Crippen LogP contribution is 2.17. The van der Waals surface area contributed by atoms with E-state index in [0.717, 1.165) is 0 Å². The van der Waals surface area contributed by atoms with Gasteiger partial charge in [0.05, 0.1) is 10.2 Å². The van der Waals surface area contributed by atoms with Crippen LogP contribution < -0.4 is 0 Å². The van der Waals surface area contributed by atoms with Crippen LogP contribution in [0.15, 0.2) is 0 Å². The van der Waals surface area contributed by atoms with Crippen LogP contribution in [0.5, 0.6) is 0 Å². The first-order valence-corrected chi connectivity index (χ1v) is 3.49. The summed E-state index contributed by atoms with van der Waals surface area (Å²) in [6.07, 6.45) is 0. The van der Waals surface area contributed by atoms with Gasteiger partial charge in [-0.25, -0.2) is 40.5 Å². The molecule has 1 aliphatic heterocycles. The minimum Gasteiger partial charge on any atom is -0.233 e. The monoisotopic (exact) mass is 254 g/mol. The maximum Gasteiger partial charge on any atom is 0.271 e. The number of nitro groups is 4. The number of hydrogen-bond acceptors (Lipinski definition) is 8. The SMILES string of the molecule is O=[N+]([O-])N1CN([N+](=O)[O-])N([N+](=O)[O-])N1[N+](=O)[O-]. The summed E-state index contributed by atoms with van der Waals surface area (Å²) in [7, 11) is 0. The Labute approximate surface area is 89.2 Å². The number of nitrogens with zero attached hydrogens (tertiary/aromatic N) is 8. The molecular formula is CH2N8O8. The van der Waals surface area contributed by atoms with Gasteiger partial charge in [0, 0.05) is 0 Å². The van der Waals surface area contributed by atoms with E-state index in [0.29, 0.717) is 0 Å². The summed E-state index contributed by atoms with van der Waals surface area (Å²) in [5.41, 5.74) is 0. The fourth-order valence-electron chi connectivity index (χ4n) is 0.944. The zero-order valence-corrected chi connectivity index (χ0v) is 7.55. The first kappa shape index (κ1) is 11.9. The molecule has 0 amide bonds. The van der Waals surface area contributed by atoms with Crippen LogP contribution in [0.3, 0.4) is 0 Å². The molecule has 0 aliphatic carbocycles. The van der Waals surface area contributed by atoms with Gasteiger partial charge in [-0.1, -0.05) is 0 Å². The summed E-state index contributed by atoms with van der Waals surface area (Å²) in [4.78, 5) is 41.5. The van der Waals surface area contributed by atoms with E-state index in [1.165, 1.54) is 0 Å². The second kappa shape index (κ2) is 3.75. The molecule has 0 aromatic heterocycles. The Balaban J connectivity index is 3.17. The third-order valence-electron chi connectivity index (χ3n) is 1.50. The van der Waals surface area contributed by atoms with Gasteiger partial charge in [0.15, 0.2) is 10.1 Å². The lowest BCUT2D eigenvalue weighted by Crippen LogP contribution is -2.55. The summed E-state index contributed by atoms with van der Waals surface area (Å²) in [5, 5.41) is 33.3. The van der Waals surface area contributed by atoms with Gasteiger partial charge in [-0.15, -0.1) is 0 Å². The highest BCUT2D eigenvalue weighted by Gasteiger charge is 2.62. The summed E-state index contributed by atoms with van der Waals surface area (Å²) < 4.78 is 0. The van der Waals surface area contributed by atoms with Gasteiger partial charge in [0.25, 0.3) is 6.67 Å². The Kier molecular flexibility index (Phi) is 2.62. The smallest absolute Gasteiger partial charge is 0.233 e. The Morgan fingerprint density at radius 1 is 0.647 bits per heavy atom. The molecule has 94 valence electrons. The van der Waals surface area contributed by atoms with E-state index < -0.39 is 47.5 Å². The lowest BCUT2D eigenvalue weighted by atomic mass is 11.1. The summed E-state index contributed by atoms with van der Waals surface area (Å²) in [5.74, 6) is 0. The Morgan fingerprint density at radius 3 is 1.12 bits per heavy atom. The Morgan fingerprint density at radius 2 is 0.941 bits per heavy atom. The largest absolute Gasteiger partial charge is 0.271 e. The molecule has 16 nitrogen and oxygen atoms in total. The van der Waals surface area contributed by atoms with Gasteiger partial charge in [0.1, 0.15) is 0 Å². The van der Waals surface area contributed by atoms with Crippen molar-refractivity contribution in [1.29, 1.82) is 0 Å². The molecule has 1 fully saturated rings. The average molecular weight is 254 g/mol. The van der Waals surface area contributed by atoms with Gasteiger partial charge in [0.2, 0.25) is 20.5 Å². The van der Waals surface area contributed by atoms with Crippen LogP contribution in [-0.4, -0.2) is 47.5 Å². The summed E-state index contributed by atoms with van der Waals surface area (Å²) in [6, 6.07) is 0. The van der Waals surface area contributed by atoms with E-state index in [4.69, 9.17) is 0 Å². The molecule has 0 atom stereocenters. The third kappa shape index (κ3) is 1.80. The highest BCUT2D eigenvalue weighted by molar-refractivity contribution is 4.37. The van der Waals surface area contributed by atoms with Crippen molar-refractivity contribution in [3.63, 3.8) is 0 Å². The molecular weight excluding hydrogens is 252 g/mol. The number of hydrogen-bond donors (Lipinski definition) is 0. The molecule has 0 N–H and O–H groups in total. The van der Waals surface area contributed by atoms with E-state index in [-0.39, 0.29) is 0 Å². The highest BCUT2D eigenvalue weighted by atomic mass is 16.8. The van der Waals surface area contributed by atoms with Gasteiger partial charge < -0.3 is 0 Å². The van der Waals surface area contributed by atoms with Crippen LogP contribution in [0, 0.1) is 40.5 Å². The molecule has 1 saturated heterocycles. The molecule has 0 aromatic rings. The standard InChI is InChI=1S/CH2N8O8/c10-6(11)2-1-3(7(12)13)5(9(16)17)4(2)8(14)15/h1H2. The summed E-state index contributed by atoms with van der Waals surface area (Å²) in [6.45, 7) is -1.29. The zero-order chi connectivity index (χ0) is 13.3. The van der Waals surface area contributed by atoms with Gasteiger partial charge >= 0.3 is 0 Å². The minimum absolute atomic E-state index is 0.411. The molecule has 16 heteroatoms.